The molecule has 3 nitrogen and oxygen atoms in total. The highest BCUT2D eigenvalue weighted by Gasteiger charge is 2.14. The number of aryl methyl sites for hydroxylation is 1. The molecule has 3 rings (SSSR count). The summed E-state index contributed by atoms with van der Waals surface area (Å²) >= 11 is 0. The van der Waals surface area contributed by atoms with Crippen LogP contribution in [0.15, 0.2) is 48.5 Å². The van der Waals surface area contributed by atoms with E-state index in [1.807, 2.05) is 44.3 Å². The molecule has 3 heteroatoms. The molecule has 0 amide bonds. The summed E-state index contributed by atoms with van der Waals surface area (Å²) in [6.45, 7) is 1.86. The number of phenolic OH excluding ortho intramolecular Hbond substituents is 1. The molecular formula is C18H18N2O. The van der Waals surface area contributed by atoms with Crippen LogP contribution in [-0.2, 0) is 0 Å². The number of nitrogens with two attached hydrogens (primary N) is 1. The zero-order valence-corrected chi connectivity index (χ0v) is 12.1. The maximum atomic E-state index is 10.1. The lowest BCUT2D eigenvalue weighted by Gasteiger charge is -2.16. The standard InChI is InChI=1S/C18H18N2O/c1-11-10-13-8-9-14(12-6-4-3-5-7-12)17(20-2)15(13)16(19)18(11)21/h3-10,20-21H,19H2,1-2H3. The fourth-order valence-electron chi connectivity index (χ4n) is 2.78. The Balaban J connectivity index is 2.40. The zero-order valence-electron chi connectivity index (χ0n) is 12.1. The SMILES string of the molecule is CNc1c(-c2ccccc2)ccc2cc(C)c(O)c(N)c12. The number of anilines is 2. The van der Waals surface area contributed by atoms with E-state index in [0.717, 1.165) is 33.2 Å². The van der Waals surface area contributed by atoms with Gasteiger partial charge in [0.05, 0.1) is 11.4 Å². The van der Waals surface area contributed by atoms with Crippen molar-refractivity contribution in [3.8, 4) is 16.9 Å². The van der Waals surface area contributed by atoms with E-state index in [2.05, 4.69) is 23.5 Å². The second kappa shape index (κ2) is 5.02. The van der Waals surface area contributed by atoms with Crippen molar-refractivity contribution in [2.24, 2.45) is 0 Å². The number of aromatic hydroxyl groups is 1. The van der Waals surface area contributed by atoms with Crippen molar-refractivity contribution in [1.82, 2.24) is 0 Å². The number of nitrogens with one attached hydrogen (secondary N) is 1. The van der Waals surface area contributed by atoms with E-state index in [1.165, 1.54) is 0 Å². The minimum Gasteiger partial charge on any atom is -0.505 e. The number of hydrogen-bond acceptors (Lipinski definition) is 3. The van der Waals surface area contributed by atoms with Crippen molar-refractivity contribution in [2.75, 3.05) is 18.1 Å². The Morgan fingerprint density at radius 3 is 2.43 bits per heavy atom. The lowest BCUT2D eigenvalue weighted by Crippen LogP contribution is -1.98. The van der Waals surface area contributed by atoms with E-state index in [4.69, 9.17) is 5.73 Å². The number of fused-ring (bicyclic) bond motifs is 1. The van der Waals surface area contributed by atoms with Crippen molar-refractivity contribution in [1.29, 1.82) is 0 Å². The molecule has 21 heavy (non-hydrogen) atoms. The van der Waals surface area contributed by atoms with E-state index in [0.29, 0.717) is 5.69 Å². The Morgan fingerprint density at radius 1 is 1.05 bits per heavy atom. The lowest BCUT2D eigenvalue weighted by molar-refractivity contribution is 0.474. The maximum absolute atomic E-state index is 10.1. The maximum Gasteiger partial charge on any atom is 0.142 e. The third-order valence-electron chi connectivity index (χ3n) is 3.84. The molecule has 0 aliphatic heterocycles. The summed E-state index contributed by atoms with van der Waals surface area (Å²) in [5.74, 6) is 0.157. The van der Waals surface area contributed by atoms with E-state index in [9.17, 15) is 5.11 Å². The van der Waals surface area contributed by atoms with Crippen LogP contribution in [-0.4, -0.2) is 12.2 Å². The first-order valence-electron chi connectivity index (χ1n) is 6.91. The third-order valence-corrected chi connectivity index (χ3v) is 3.84. The molecule has 0 saturated carbocycles. The summed E-state index contributed by atoms with van der Waals surface area (Å²) in [6.07, 6.45) is 0. The quantitative estimate of drug-likeness (QED) is 0.487. The molecule has 0 saturated heterocycles. The van der Waals surface area contributed by atoms with Crippen molar-refractivity contribution in [3.63, 3.8) is 0 Å². The van der Waals surface area contributed by atoms with Crippen LogP contribution < -0.4 is 11.1 Å². The van der Waals surface area contributed by atoms with Crippen LogP contribution in [0.1, 0.15) is 5.56 Å². The van der Waals surface area contributed by atoms with Gasteiger partial charge in [0.2, 0.25) is 0 Å². The van der Waals surface area contributed by atoms with Crippen molar-refractivity contribution in [3.05, 3.63) is 54.1 Å². The van der Waals surface area contributed by atoms with Gasteiger partial charge < -0.3 is 16.2 Å². The second-order valence-electron chi connectivity index (χ2n) is 5.16. The smallest absolute Gasteiger partial charge is 0.142 e. The summed E-state index contributed by atoms with van der Waals surface area (Å²) in [6, 6.07) is 16.2. The number of hydrogen-bond donors (Lipinski definition) is 3. The molecule has 3 aromatic rings. The molecule has 0 aromatic heterocycles. The Kier molecular flexibility index (Phi) is 3.18. The molecule has 0 spiro atoms. The van der Waals surface area contributed by atoms with Gasteiger partial charge in [-0.1, -0.05) is 42.5 Å². The molecule has 0 heterocycles. The number of phenols is 1. The molecule has 0 atom stereocenters. The minimum atomic E-state index is 0.157. The lowest BCUT2D eigenvalue weighted by atomic mass is 9.95. The van der Waals surface area contributed by atoms with Crippen LogP contribution in [0.5, 0.6) is 5.75 Å². The van der Waals surface area contributed by atoms with E-state index < -0.39 is 0 Å². The van der Waals surface area contributed by atoms with Gasteiger partial charge in [-0.15, -0.1) is 0 Å². The van der Waals surface area contributed by atoms with Crippen molar-refractivity contribution >= 4 is 22.1 Å². The average Bonchev–Trinajstić information content (AvgIpc) is 2.52. The molecule has 0 aliphatic rings. The number of nitrogen functional groups attached to an aromatic ring is 1. The second-order valence-corrected chi connectivity index (χ2v) is 5.16. The summed E-state index contributed by atoms with van der Waals surface area (Å²) < 4.78 is 0. The zero-order chi connectivity index (χ0) is 15.0. The molecule has 4 N–H and O–H groups in total. The highest BCUT2D eigenvalue weighted by molar-refractivity contribution is 6.09. The molecule has 0 radical (unpaired) electrons. The Morgan fingerprint density at radius 2 is 1.76 bits per heavy atom. The van der Waals surface area contributed by atoms with Crippen LogP contribution >= 0.6 is 0 Å². The molecule has 0 aliphatic carbocycles. The van der Waals surface area contributed by atoms with Gasteiger partial charge in [0.15, 0.2) is 0 Å². The largest absolute Gasteiger partial charge is 0.505 e. The molecule has 0 bridgehead atoms. The van der Waals surface area contributed by atoms with Gasteiger partial charge in [-0.2, -0.15) is 0 Å². The summed E-state index contributed by atoms with van der Waals surface area (Å²) in [4.78, 5) is 0. The fourth-order valence-corrected chi connectivity index (χ4v) is 2.78. The van der Waals surface area contributed by atoms with E-state index >= 15 is 0 Å². The summed E-state index contributed by atoms with van der Waals surface area (Å²) in [7, 11) is 1.87. The average molecular weight is 278 g/mol. The van der Waals surface area contributed by atoms with Gasteiger partial charge in [0.25, 0.3) is 0 Å². The normalized spacial score (nSPS) is 10.8. The fraction of sp³-hybridized carbons (Fsp3) is 0.111. The predicted molar refractivity (Wildman–Crippen MR) is 89.7 cm³/mol. The van der Waals surface area contributed by atoms with Crippen molar-refractivity contribution < 1.29 is 5.11 Å². The van der Waals surface area contributed by atoms with Crippen LogP contribution in [0.3, 0.4) is 0 Å². The number of rotatable bonds is 2. The molecular weight excluding hydrogens is 260 g/mol. The summed E-state index contributed by atoms with van der Waals surface area (Å²) in [5, 5.41) is 15.2. The minimum absolute atomic E-state index is 0.157. The Hall–Kier alpha value is -2.68. The monoisotopic (exact) mass is 278 g/mol. The number of benzene rings is 3. The van der Waals surface area contributed by atoms with Gasteiger partial charge in [0.1, 0.15) is 5.75 Å². The molecule has 3 aromatic carbocycles. The van der Waals surface area contributed by atoms with E-state index in [-0.39, 0.29) is 5.75 Å². The topological polar surface area (TPSA) is 58.3 Å². The first-order valence-corrected chi connectivity index (χ1v) is 6.91. The van der Waals surface area contributed by atoms with Gasteiger partial charge in [0, 0.05) is 18.0 Å². The summed E-state index contributed by atoms with van der Waals surface area (Å²) in [5.41, 5.74) is 10.5. The van der Waals surface area contributed by atoms with Crippen LogP contribution in [0.2, 0.25) is 0 Å². The van der Waals surface area contributed by atoms with Crippen LogP contribution in [0, 0.1) is 6.92 Å². The van der Waals surface area contributed by atoms with Crippen molar-refractivity contribution in [2.45, 2.75) is 6.92 Å². The highest BCUT2D eigenvalue weighted by Crippen LogP contribution is 2.42. The van der Waals surface area contributed by atoms with E-state index in [1.54, 1.807) is 0 Å². The van der Waals surface area contributed by atoms with Gasteiger partial charge in [-0.25, -0.2) is 0 Å². The third kappa shape index (κ3) is 2.07. The molecule has 0 fully saturated rings. The Bertz CT molecular complexity index is 811. The highest BCUT2D eigenvalue weighted by atomic mass is 16.3. The Labute approximate surface area is 124 Å². The molecule has 0 unspecified atom stereocenters. The van der Waals surface area contributed by atoms with Gasteiger partial charge >= 0.3 is 0 Å². The predicted octanol–water partition coefficient (Wildman–Crippen LogP) is 4.14. The van der Waals surface area contributed by atoms with Gasteiger partial charge in [-0.05, 0) is 29.5 Å². The first kappa shape index (κ1) is 13.3. The van der Waals surface area contributed by atoms with Crippen LogP contribution in [0.25, 0.3) is 21.9 Å². The van der Waals surface area contributed by atoms with Crippen LogP contribution in [0.4, 0.5) is 11.4 Å². The molecule has 106 valence electrons. The van der Waals surface area contributed by atoms with Gasteiger partial charge in [-0.3, -0.25) is 0 Å². The first-order chi connectivity index (χ1) is 10.1.